The molecule has 12 nitrogen and oxygen atoms in total. The Morgan fingerprint density at radius 2 is 1.11 bits per heavy atom. The smallest absolute Gasteiger partial charge is 0.397 e. The Morgan fingerprint density at radius 1 is 0.629 bits per heavy atom. The molecule has 1 aliphatic rings. The van der Waals surface area contributed by atoms with Gasteiger partial charge in [-0.05, 0) is 51.4 Å². The minimum Gasteiger partial charge on any atom is -0.457 e. The summed E-state index contributed by atoms with van der Waals surface area (Å²) in [5, 5.41) is 30.7. The maximum atomic E-state index is 12.9. The molecule has 0 spiro atoms. The molecule has 0 saturated carbocycles. The molecule has 62 heavy (non-hydrogen) atoms. The number of rotatable bonds is 42. The van der Waals surface area contributed by atoms with Crippen molar-refractivity contribution in [2.45, 2.75) is 230 Å². The average Bonchev–Trinajstić information content (AvgIpc) is 3.24. The van der Waals surface area contributed by atoms with Gasteiger partial charge in [0.25, 0.3) is 0 Å². The average molecular weight is 901 g/mol. The van der Waals surface area contributed by atoms with Crippen molar-refractivity contribution in [1.82, 2.24) is 0 Å². The number of carbonyl (C=O) groups is 1. The number of allylic oxidation sites excluding steroid dienone is 8. The van der Waals surface area contributed by atoms with Gasteiger partial charge in [0.2, 0.25) is 0 Å². The minimum atomic E-state index is -5.07. The van der Waals surface area contributed by atoms with E-state index in [1.807, 2.05) is 0 Å². The number of ether oxygens (including phenoxy) is 4. The number of hydrogen-bond acceptors (Lipinski definition) is 11. The molecule has 0 radical (unpaired) electrons. The number of aliphatic hydroxyl groups is 3. The number of unbranched alkanes of at least 4 members (excludes halogenated alkanes) is 21. The fourth-order valence-corrected chi connectivity index (χ4v) is 7.82. The highest BCUT2D eigenvalue weighted by molar-refractivity contribution is 7.80. The molecule has 1 rings (SSSR count). The van der Waals surface area contributed by atoms with Gasteiger partial charge in [-0.3, -0.25) is 9.35 Å². The van der Waals surface area contributed by atoms with E-state index in [2.05, 4.69) is 66.6 Å². The van der Waals surface area contributed by atoms with Gasteiger partial charge in [0.1, 0.15) is 30.5 Å². The molecule has 6 unspecified atom stereocenters. The summed E-state index contributed by atoms with van der Waals surface area (Å²) >= 11 is 0. The monoisotopic (exact) mass is 901 g/mol. The summed E-state index contributed by atoms with van der Waals surface area (Å²) in [7, 11) is -5.07. The summed E-state index contributed by atoms with van der Waals surface area (Å²) in [6, 6.07) is 0. The Morgan fingerprint density at radius 3 is 1.61 bits per heavy atom. The van der Waals surface area contributed by atoms with E-state index in [0.29, 0.717) is 13.0 Å². The van der Waals surface area contributed by atoms with Crippen LogP contribution >= 0.6 is 0 Å². The largest absolute Gasteiger partial charge is 0.457 e. The summed E-state index contributed by atoms with van der Waals surface area (Å²) in [4.78, 5) is 12.9. The molecule has 4 N–H and O–H groups in total. The van der Waals surface area contributed by atoms with E-state index in [0.717, 1.165) is 70.6 Å². The standard InChI is InChI=1S/C49H88O12S/c1-3-5-7-9-11-13-15-17-19-21-22-23-24-26-28-30-32-34-36-38-45(51)59-43(42-58-49-47(53)48(61-62(54,55)56)46(52)44(40-50)60-49)41-57-39-37-35-33-31-29-27-25-20-18-16-14-12-10-8-6-4-2/h6,8,12,14,18,20,27,29,43-44,46-50,52-53H,3-5,7,9-11,13,15-17,19,21-26,28,30-42H2,1-2H3,(H,54,55,56)/b8-6-,14-12-,20-18-,29-27-. The van der Waals surface area contributed by atoms with E-state index in [1.54, 1.807) is 0 Å². The number of aliphatic hydroxyl groups excluding tert-OH is 3. The zero-order chi connectivity index (χ0) is 45.4. The van der Waals surface area contributed by atoms with Gasteiger partial charge < -0.3 is 34.3 Å². The lowest BCUT2D eigenvalue weighted by atomic mass is 9.99. The van der Waals surface area contributed by atoms with Crippen molar-refractivity contribution in [1.29, 1.82) is 0 Å². The SMILES string of the molecule is CC/C=C\C/C=C\C/C=C\C/C=C\CCCCCOCC(COC1OC(CO)C(O)C(OS(=O)(=O)O)C1O)OC(=O)CCCCCCCCCCCCCCCCCCCCC. The van der Waals surface area contributed by atoms with Crippen molar-refractivity contribution < 1.29 is 56.2 Å². The lowest BCUT2D eigenvalue weighted by Gasteiger charge is -2.41. The number of carbonyl (C=O) groups excluding carboxylic acids is 1. The summed E-state index contributed by atoms with van der Waals surface area (Å²) in [6.07, 6.45) is 40.0. The van der Waals surface area contributed by atoms with Crippen molar-refractivity contribution in [2.24, 2.45) is 0 Å². The first-order valence-corrected chi connectivity index (χ1v) is 25.8. The maximum Gasteiger partial charge on any atom is 0.397 e. The van der Waals surface area contributed by atoms with Crippen LogP contribution in [0, 0.1) is 0 Å². The Balaban J connectivity index is 2.40. The third kappa shape index (κ3) is 33.6. The molecule has 0 aromatic heterocycles. The van der Waals surface area contributed by atoms with E-state index in [1.165, 1.54) is 96.3 Å². The lowest BCUT2D eigenvalue weighted by molar-refractivity contribution is -0.301. The van der Waals surface area contributed by atoms with Gasteiger partial charge in [-0.2, -0.15) is 8.42 Å². The predicted molar refractivity (Wildman–Crippen MR) is 248 cm³/mol. The van der Waals surface area contributed by atoms with Crippen molar-refractivity contribution in [3.05, 3.63) is 48.6 Å². The zero-order valence-corrected chi connectivity index (χ0v) is 39.5. The molecule has 0 amide bonds. The van der Waals surface area contributed by atoms with Crippen LogP contribution in [0.15, 0.2) is 48.6 Å². The van der Waals surface area contributed by atoms with Crippen LogP contribution < -0.4 is 0 Å². The summed E-state index contributed by atoms with van der Waals surface area (Å²) in [6.45, 7) is 3.82. The number of esters is 1. The van der Waals surface area contributed by atoms with Crippen LogP contribution in [0.1, 0.15) is 194 Å². The molecular weight excluding hydrogens is 813 g/mol. The normalized spacial score (nSPS) is 20.4. The molecule has 13 heteroatoms. The second-order valence-electron chi connectivity index (χ2n) is 16.7. The molecule has 0 aromatic carbocycles. The van der Waals surface area contributed by atoms with Gasteiger partial charge in [-0.25, -0.2) is 4.18 Å². The van der Waals surface area contributed by atoms with Crippen LogP contribution in [0.5, 0.6) is 0 Å². The highest BCUT2D eigenvalue weighted by Gasteiger charge is 2.48. The molecule has 1 aliphatic heterocycles. The molecule has 0 aliphatic carbocycles. The molecule has 1 heterocycles. The van der Waals surface area contributed by atoms with Crippen LogP contribution in [0.25, 0.3) is 0 Å². The molecule has 1 saturated heterocycles. The van der Waals surface area contributed by atoms with E-state index in [9.17, 15) is 33.1 Å². The van der Waals surface area contributed by atoms with Crippen LogP contribution in [-0.2, 0) is 38.3 Å². The Bertz CT molecular complexity index is 1270. The third-order valence-electron chi connectivity index (χ3n) is 11.0. The third-order valence-corrected chi connectivity index (χ3v) is 11.4. The van der Waals surface area contributed by atoms with Gasteiger partial charge in [0.15, 0.2) is 6.29 Å². The lowest BCUT2D eigenvalue weighted by Crippen LogP contribution is -2.60. The van der Waals surface area contributed by atoms with Gasteiger partial charge in [-0.15, -0.1) is 0 Å². The van der Waals surface area contributed by atoms with E-state index in [4.69, 9.17) is 18.9 Å². The molecular formula is C49H88O12S. The second kappa shape index (κ2) is 40.6. The highest BCUT2D eigenvalue weighted by Crippen LogP contribution is 2.26. The summed E-state index contributed by atoms with van der Waals surface area (Å²) in [5.74, 6) is -0.409. The first-order valence-electron chi connectivity index (χ1n) is 24.4. The molecule has 6 atom stereocenters. The molecule has 1 fully saturated rings. The topological polar surface area (TPSA) is 178 Å². The first kappa shape index (κ1) is 58.1. The quantitative estimate of drug-likeness (QED) is 0.0198. The van der Waals surface area contributed by atoms with E-state index >= 15 is 0 Å². The number of hydrogen-bond donors (Lipinski definition) is 4. The molecule has 0 bridgehead atoms. The van der Waals surface area contributed by atoms with Crippen LogP contribution in [0.3, 0.4) is 0 Å². The van der Waals surface area contributed by atoms with Crippen LogP contribution in [0.2, 0.25) is 0 Å². The van der Waals surface area contributed by atoms with Gasteiger partial charge in [0, 0.05) is 13.0 Å². The first-order chi connectivity index (χ1) is 30.1. The van der Waals surface area contributed by atoms with Gasteiger partial charge in [0.05, 0.1) is 19.8 Å². The maximum absolute atomic E-state index is 12.9. The zero-order valence-electron chi connectivity index (χ0n) is 38.7. The fraction of sp³-hybridized carbons (Fsp3) is 0.816. The summed E-state index contributed by atoms with van der Waals surface area (Å²) < 4.78 is 59.1. The minimum absolute atomic E-state index is 0.0155. The highest BCUT2D eigenvalue weighted by atomic mass is 32.3. The van der Waals surface area contributed by atoms with Crippen molar-refractivity contribution in [2.75, 3.05) is 26.4 Å². The Hall–Kier alpha value is -1.94. The summed E-state index contributed by atoms with van der Waals surface area (Å²) in [5.41, 5.74) is 0. The van der Waals surface area contributed by atoms with Crippen molar-refractivity contribution in [3.8, 4) is 0 Å². The Kier molecular flexibility index (Phi) is 38.0. The van der Waals surface area contributed by atoms with Crippen molar-refractivity contribution in [3.63, 3.8) is 0 Å². The molecule has 362 valence electrons. The fourth-order valence-electron chi connectivity index (χ4n) is 7.31. The van der Waals surface area contributed by atoms with E-state index in [-0.39, 0.29) is 19.6 Å². The predicted octanol–water partition coefficient (Wildman–Crippen LogP) is 10.7. The molecule has 0 aromatic rings. The van der Waals surface area contributed by atoms with Gasteiger partial charge >= 0.3 is 16.4 Å². The van der Waals surface area contributed by atoms with Crippen LogP contribution in [0.4, 0.5) is 0 Å². The van der Waals surface area contributed by atoms with Crippen LogP contribution in [-0.4, -0.2) is 97.5 Å². The Labute approximate surface area is 376 Å². The van der Waals surface area contributed by atoms with Crippen molar-refractivity contribution >= 4 is 16.4 Å². The second-order valence-corrected chi connectivity index (χ2v) is 17.7. The van der Waals surface area contributed by atoms with E-state index < -0.39 is 59.8 Å². The van der Waals surface area contributed by atoms with Gasteiger partial charge in [-0.1, -0.05) is 184 Å².